The Kier molecular flexibility index (Phi) is 3.62. The number of nitrogens with zero attached hydrogens (tertiary/aromatic N) is 1. The minimum atomic E-state index is 0.860. The van der Waals surface area contributed by atoms with Gasteiger partial charge in [0.25, 0.3) is 0 Å². The molecule has 1 heterocycles. The Hall–Kier alpha value is -1.02. The highest BCUT2D eigenvalue weighted by Gasteiger charge is 2.14. The molecule has 0 radical (unpaired) electrons. The summed E-state index contributed by atoms with van der Waals surface area (Å²) in [6.07, 6.45) is 3.63. The lowest BCUT2D eigenvalue weighted by Gasteiger charge is -2.31. The molecular weight excluding hydrogens is 186 g/mol. The zero-order valence-electron chi connectivity index (χ0n) is 9.41. The number of benzene rings is 1. The quantitative estimate of drug-likeness (QED) is 0.700. The summed E-state index contributed by atoms with van der Waals surface area (Å²) in [5.41, 5.74) is 2.93. The van der Waals surface area contributed by atoms with Crippen LogP contribution < -0.4 is 4.90 Å². The third kappa shape index (κ3) is 2.51. The molecule has 0 aliphatic carbocycles. The van der Waals surface area contributed by atoms with Gasteiger partial charge in [0.2, 0.25) is 0 Å². The molecule has 0 amide bonds. The lowest BCUT2D eigenvalue weighted by Crippen LogP contribution is -2.30. The fourth-order valence-corrected chi connectivity index (χ4v) is 2.24. The summed E-state index contributed by atoms with van der Waals surface area (Å²) in [5, 5.41) is 0. The van der Waals surface area contributed by atoms with Crippen LogP contribution >= 0.6 is 0 Å². The van der Waals surface area contributed by atoms with Gasteiger partial charge in [-0.1, -0.05) is 18.2 Å². The van der Waals surface area contributed by atoms with Crippen LogP contribution in [0, 0.1) is 0 Å². The minimum absolute atomic E-state index is 0.860. The van der Waals surface area contributed by atoms with Crippen LogP contribution in [0.15, 0.2) is 24.3 Å². The monoisotopic (exact) mass is 205 g/mol. The first-order valence-corrected chi connectivity index (χ1v) is 5.73. The summed E-state index contributed by atoms with van der Waals surface area (Å²) in [6, 6.07) is 8.75. The molecule has 1 aromatic rings. The van der Waals surface area contributed by atoms with Crippen molar-refractivity contribution < 1.29 is 4.74 Å². The maximum absolute atomic E-state index is 5.09. The van der Waals surface area contributed by atoms with Crippen LogP contribution in [0.3, 0.4) is 0 Å². The number of aryl methyl sites for hydroxylation is 1. The third-order valence-electron chi connectivity index (χ3n) is 2.98. The molecule has 82 valence electrons. The van der Waals surface area contributed by atoms with E-state index in [1.165, 1.54) is 30.6 Å². The zero-order chi connectivity index (χ0) is 10.5. The van der Waals surface area contributed by atoms with E-state index in [-0.39, 0.29) is 0 Å². The predicted octanol–water partition coefficient (Wildman–Crippen LogP) is 2.48. The van der Waals surface area contributed by atoms with Crippen molar-refractivity contribution in [2.75, 3.05) is 31.7 Å². The Morgan fingerprint density at radius 1 is 1.33 bits per heavy atom. The molecule has 2 nitrogen and oxygen atoms in total. The van der Waals surface area contributed by atoms with Crippen molar-refractivity contribution in [3.63, 3.8) is 0 Å². The van der Waals surface area contributed by atoms with E-state index >= 15 is 0 Å². The SMILES string of the molecule is COCCCN1CCCc2ccccc21. The van der Waals surface area contributed by atoms with Crippen LogP contribution in [0.25, 0.3) is 0 Å². The summed E-state index contributed by atoms with van der Waals surface area (Å²) in [7, 11) is 1.77. The Bertz CT molecular complexity index is 311. The second-order valence-electron chi connectivity index (χ2n) is 4.07. The molecule has 15 heavy (non-hydrogen) atoms. The fourth-order valence-electron chi connectivity index (χ4n) is 2.24. The second-order valence-corrected chi connectivity index (χ2v) is 4.07. The fraction of sp³-hybridized carbons (Fsp3) is 0.538. The van der Waals surface area contributed by atoms with E-state index in [0.29, 0.717) is 0 Å². The molecule has 0 saturated heterocycles. The number of ether oxygens (including phenoxy) is 1. The Morgan fingerprint density at radius 3 is 3.07 bits per heavy atom. The molecule has 0 fully saturated rings. The lowest BCUT2D eigenvalue weighted by molar-refractivity contribution is 0.196. The van der Waals surface area contributed by atoms with Crippen molar-refractivity contribution >= 4 is 5.69 Å². The molecular formula is C13H19NO. The molecule has 0 unspecified atom stereocenters. The van der Waals surface area contributed by atoms with Crippen LogP contribution in [0.2, 0.25) is 0 Å². The topological polar surface area (TPSA) is 12.5 Å². The molecule has 0 saturated carbocycles. The minimum Gasteiger partial charge on any atom is -0.385 e. The number of fused-ring (bicyclic) bond motifs is 1. The molecule has 2 heteroatoms. The van der Waals surface area contributed by atoms with E-state index in [1.54, 1.807) is 7.11 Å². The number of para-hydroxylation sites is 1. The molecule has 1 aromatic carbocycles. The zero-order valence-corrected chi connectivity index (χ0v) is 9.41. The van der Waals surface area contributed by atoms with Crippen LogP contribution in [-0.2, 0) is 11.2 Å². The van der Waals surface area contributed by atoms with Gasteiger partial charge in [-0.25, -0.2) is 0 Å². The van der Waals surface area contributed by atoms with E-state index in [0.717, 1.165) is 19.6 Å². The van der Waals surface area contributed by atoms with Crippen LogP contribution in [-0.4, -0.2) is 26.8 Å². The number of hydrogen-bond donors (Lipinski definition) is 0. The van der Waals surface area contributed by atoms with Crippen LogP contribution in [0.1, 0.15) is 18.4 Å². The molecule has 0 N–H and O–H groups in total. The number of methoxy groups -OCH3 is 1. The first kappa shape index (κ1) is 10.5. The van der Waals surface area contributed by atoms with E-state index in [2.05, 4.69) is 29.2 Å². The van der Waals surface area contributed by atoms with Crippen molar-refractivity contribution in [3.8, 4) is 0 Å². The van der Waals surface area contributed by atoms with Gasteiger partial charge in [0, 0.05) is 32.5 Å². The predicted molar refractivity (Wildman–Crippen MR) is 63.5 cm³/mol. The van der Waals surface area contributed by atoms with Gasteiger partial charge in [-0.3, -0.25) is 0 Å². The maximum Gasteiger partial charge on any atom is 0.0479 e. The summed E-state index contributed by atoms with van der Waals surface area (Å²) in [5.74, 6) is 0. The maximum atomic E-state index is 5.09. The van der Waals surface area contributed by atoms with Crippen molar-refractivity contribution in [3.05, 3.63) is 29.8 Å². The van der Waals surface area contributed by atoms with E-state index in [1.807, 2.05) is 0 Å². The van der Waals surface area contributed by atoms with Gasteiger partial charge in [-0.05, 0) is 30.9 Å². The van der Waals surface area contributed by atoms with Gasteiger partial charge in [0.05, 0.1) is 0 Å². The Balaban J connectivity index is 2.02. The Labute approximate surface area is 91.9 Å². The number of hydrogen-bond acceptors (Lipinski definition) is 2. The number of rotatable bonds is 4. The van der Waals surface area contributed by atoms with Gasteiger partial charge in [-0.15, -0.1) is 0 Å². The molecule has 2 rings (SSSR count). The normalized spacial score (nSPS) is 15.1. The van der Waals surface area contributed by atoms with Gasteiger partial charge in [0.15, 0.2) is 0 Å². The molecule has 0 aromatic heterocycles. The first-order chi connectivity index (χ1) is 7.42. The Morgan fingerprint density at radius 2 is 2.20 bits per heavy atom. The van der Waals surface area contributed by atoms with E-state index in [9.17, 15) is 0 Å². The highest BCUT2D eigenvalue weighted by atomic mass is 16.5. The van der Waals surface area contributed by atoms with Crippen LogP contribution in [0.4, 0.5) is 5.69 Å². The summed E-state index contributed by atoms with van der Waals surface area (Å²) in [6.45, 7) is 3.17. The van der Waals surface area contributed by atoms with E-state index < -0.39 is 0 Å². The van der Waals surface area contributed by atoms with Crippen molar-refractivity contribution in [2.24, 2.45) is 0 Å². The van der Waals surface area contributed by atoms with Crippen molar-refractivity contribution in [1.29, 1.82) is 0 Å². The molecule has 0 atom stereocenters. The van der Waals surface area contributed by atoms with Gasteiger partial charge >= 0.3 is 0 Å². The third-order valence-corrected chi connectivity index (χ3v) is 2.98. The highest BCUT2D eigenvalue weighted by Crippen LogP contribution is 2.26. The summed E-state index contributed by atoms with van der Waals surface area (Å²) < 4.78 is 5.09. The van der Waals surface area contributed by atoms with E-state index in [4.69, 9.17) is 4.74 Å². The van der Waals surface area contributed by atoms with Crippen molar-refractivity contribution in [2.45, 2.75) is 19.3 Å². The van der Waals surface area contributed by atoms with Gasteiger partial charge in [0.1, 0.15) is 0 Å². The first-order valence-electron chi connectivity index (χ1n) is 5.73. The molecule has 1 aliphatic heterocycles. The average molecular weight is 205 g/mol. The summed E-state index contributed by atoms with van der Waals surface area (Å²) >= 11 is 0. The molecule has 0 spiro atoms. The average Bonchev–Trinajstić information content (AvgIpc) is 2.30. The second kappa shape index (κ2) is 5.17. The van der Waals surface area contributed by atoms with Crippen LogP contribution in [0.5, 0.6) is 0 Å². The lowest BCUT2D eigenvalue weighted by atomic mass is 10.0. The summed E-state index contributed by atoms with van der Waals surface area (Å²) in [4.78, 5) is 2.48. The number of anilines is 1. The molecule has 1 aliphatic rings. The van der Waals surface area contributed by atoms with Crippen molar-refractivity contribution in [1.82, 2.24) is 0 Å². The smallest absolute Gasteiger partial charge is 0.0479 e. The van der Waals surface area contributed by atoms with Gasteiger partial charge in [-0.2, -0.15) is 0 Å². The largest absolute Gasteiger partial charge is 0.385 e. The van der Waals surface area contributed by atoms with Gasteiger partial charge < -0.3 is 9.64 Å². The standard InChI is InChI=1S/C13H19NO/c1-15-11-5-10-14-9-4-7-12-6-2-3-8-13(12)14/h2-3,6,8H,4-5,7,9-11H2,1H3. The molecule has 0 bridgehead atoms. The highest BCUT2D eigenvalue weighted by molar-refractivity contribution is 5.55.